The van der Waals surface area contributed by atoms with Crippen LogP contribution in [-0.2, 0) is 11.3 Å². The predicted octanol–water partition coefficient (Wildman–Crippen LogP) is -0.232. The van der Waals surface area contributed by atoms with Gasteiger partial charge in [0.2, 0.25) is 11.6 Å². The molecule has 1 aliphatic heterocycles. The molecule has 1 aliphatic rings. The maximum absolute atomic E-state index is 11.0. The largest absolute Gasteiger partial charge is 0.476 e. The first-order valence-electron chi connectivity index (χ1n) is 5.22. The van der Waals surface area contributed by atoms with Gasteiger partial charge in [-0.2, -0.15) is 5.10 Å². The topological polar surface area (TPSA) is 127 Å². The molecule has 1 aromatic rings. The van der Waals surface area contributed by atoms with Crippen LogP contribution in [0.4, 0.5) is 5.69 Å². The minimum absolute atomic E-state index is 0.0832. The van der Waals surface area contributed by atoms with Gasteiger partial charge in [-0.3, -0.25) is 19.6 Å². The average molecular weight is 254 g/mol. The molecule has 0 aliphatic carbocycles. The summed E-state index contributed by atoms with van der Waals surface area (Å²) in [6.07, 6.45) is 2.07. The van der Waals surface area contributed by atoms with E-state index in [4.69, 9.17) is 5.11 Å². The highest BCUT2D eigenvalue weighted by atomic mass is 16.6. The number of carboxylic acid groups (broad SMARTS) is 1. The number of aromatic nitrogens is 2. The van der Waals surface area contributed by atoms with Gasteiger partial charge in [-0.1, -0.05) is 0 Å². The Morgan fingerprint density at radius 2 is 2.44 bits per heavy atom. The van der Waals surface area contributed by atoms with Crippen molar-refractivity contribution < 1.29 is 19.6 Å². The maximum Gasteiger partial charge on any atom is 0.363 e. The number of hydrogen-bond acceptors (Lipinski definition) is 5. The van der Waals surface area contributed by atoms with E-state index in [9.17, 15) is 19.7 Å². The first kappa shape index (κ1) is 12.0. The van der Waals surface area contributed by atoms with Crippen LogP contribution in [0, 0.1) is 10.1 Å². The Bertz CT molecular complexity index is 492. The lowest BCUT2D eigenvalue weighted by Crippen LogP contribution is -2.29. The lowest BCUT2D eigenvalue weighted by Gasteiger charge is -2.08. The lowest BCUT2D eigenvalue weighted by molar-refractivity contribution is -0.385. The van der Waals surface area contributed by atoms with Crippen LogP contribution in [0.15, 0.2) is 6.20 Å². The van der Waals surface area contributed by atoms with Gasteiger partial charge >= 0.3 is 11.7 Å². The number of nitrogens with zero attached hydrogens (tertiary/aromatic N) is 3. The molecule has 1 saturated heterocycles. The predicted molar refractivity (Wildman–Crippen MR) is 57.0 cm³/mol. The zero-order chi connectivity index (χ0) is 13.3. The molecule has 0 bridgehead atoms. The Labute approximate surface area is 101 Å². The second kappa shape index (κ2) is 4.43. The van der Waals surface area contributed by atoms with E-state index >= 15 is 0 Å². The first-order chi connectivity index (χ1) is 8.47. The third-order valence-electron chi connectivity index (χ3n) is 2.63. The van der Waals surface area contributed by atoms with Gasteiger partial charge in [0.15, 0.2) is 0 Å². The molecule has 9 heteroatoms. The molecule has 96 valence electrons. The van der Waals surface area contributed by atoms with E-state index in [0.29, 0.717) is 12.8 Å². The van der Waals surface area contributed by atoms with Crippen molar-refractivity contribution >= 4 is 17.6 Å². The SMILES string of the molecule is O=C1CCC(Cn2cc([N+](=O)[O-])c(C(=O)O)n2)N1. The number of nitrogens with one attached hydrogen (secondary N) is 1. The van der Waals surface area contributed by atoms with Crippen LogP contribution in [0.3, 0.4) is 0 Å². The summed E-state index contributed by atoms with van der Waals surface area (Å²) >= 11 is 0. The Hall–Kier alpha value is -2.45. The molecule has 1 aromatic heterocycles. The maximum atomic E-state index is 11.0. The Kier molecular flexibility index (Phi) is 2.96. The number of carboxylic acids is 1. The number of carbonyl (C=O) groups is 2. The van der Waals surface area contributed by atoms with Gasteiger partial charge in [-0.15, -0.1) is 0 Å². The monoisotopic (exact) mass is 254 g/mol. The highest BCUT2D eigenvalue weighted by molar-refractivity contribution is 5.89. The van der Waals surface area contributed by atoms with Crippen molar-refractivity contribution in [2.75, 3.05) is 0 Å². The summed E-state index contributed by atoms with van der Waals surface area (Å²) in [5.74, 6) is -1.53. The molecule has 0 radical (unpaired) electrons. The number of rotatable bonds is 4. The molecule has 0 spiro atoms. The number of amides is 1. The molecule has 18 heavy (non-hydrogen) atoms. The molecule has 2 rings (SSSR count). The van der Waals surface area contributed by atoms with Crippen molar-refractivity contribution in [3.63, 3.8) is 0 Å². The van der Waals surface area contributed by atoms with E-state index in [1.54, 1.807) is 0 Å². The van der Waals surface area contributed by atoms with Crippen LogP contribution < -0.4 is 5.32 Å². The summed E-state index contributed by atoms with van der Waals surface area (Å²) < 4.78 is 1.18. The molecule has 2 heterocycles. The van der Waals surface area contributed by atoms with Crippen molar-refractivity contribution in [2.24, 2.45) is 0 Å². The molecule has 9 nitrogen and oxygen atoms in total. The standard InChI is InChI=1S/C9H10N4O5/c14-7-2-1-5(10-7)3-12-4-6(13(17)18)8(11-12)9(15)16/h4-5H,1-3H2,(H,10,14)(H,15,16). The van der Waals surface area contributed by atoms with Crippen LogP contribution in [0.2, 0.25) is 0 Å². The third kappa shape index (κ3) is 2.29. The van der Waals surface area contributed by atoms with Crippen LogP contribution in [0.1, 0.15) is 23.3 Å². The van der Waals surface area contributed by atoms with Gasteiger partial charge in [-0.05, 0) is 6.42 Å². The molecule has 2 N–H and O–H groups in total. The molecule has 1 atom stereocenters. The minimum Gasteiger partial charge on any atom is -0.476 e. The van der Waals surface area contributed by atoms with E-state index in [-0.39, 0.29) is 18.5 Å². The molecule has 1 unspecified atom stereocenters. The van der Waals surface area contributed by atoms with E-state index in [0.717, 1.165) is 6.20 Å². The highest BCUT2D eigenvalue weighted by Crippen LogP contribution is 2.18. The summed E-state index contributed by atoms with van der Waals surface area (Å²) in [4.78, 5) is 31.6. The van der Waals surface area contributed by atoms with Gasteiger partial charge in [0.25, 0.3) is 0 Å². The van der Waals surface area contributed by atoms with Crippen LogP contribution in [0.25, 0.3) is 0 Å². The lowest BCUT2D eigenvalue weighted by atomic mass is 10.2. The molecule has 0 saturated carbocycles. The minimum atomic E-state index is -1.45. The molecular weight excluding hydrogens is 244 g/mol. The normalized spacial score (nSPS) is 18.7. The number of nitro groups is 1. The fourth-order valence-corrected chi connectivity index (χ4v) is 1.83. The van der Waals surface area contributed by atoms with E-state index in [1.807, 2.05) is 0 Å². The second-order valence-corrected chi connectivity index (χ2v) is 3.95. The first-order valence-corrected chi connectivity index (χ1v) is 5.22. The van der Waals surface area contributed by atoms with E-state index in [2.05, 4.69) is 10.4 Å². The van der Waals surface area contributed by atoms with Gasteiger partial charge in [0, 0.05) is 12.5 Å². The molecule has 0 aromatic carbocycles. The Morgan fingerprint density at radius 1 is 1.72 bits per heavy atom. The molecule has 1 fully saturated rings. The summed E-state index contributed by atoms with van der Waals surface area (Å²) in [6.45, 7) is 0.222. The average Bonchev–Trinajstić information content (AvgIpc) is 2.85. The number of hydrogen-bond donors (Lipinski definition) is 2. The second-order valence-electron chi connectivity index (χ2n) is 3.95. The van der Waals surface area contributed by atoms with Crippen molar-refractivity contribution in [1.82, 2.24) is 15.1 Å². The quantitative estimate of drug-likeness (QED) is 0.564. The van der Waals surface area contributed by atoms with Gasteiger partial charge in [0.05, 0.1) is 11.5 Å². The third-order valence-corrected chi connectivity index (χ3v) is 2.63. The summed E-state index contributed by atoms with van der Waals surface area (Å²) in [5.41, 5.74) is -1.14. The van der Waals surface area contributed by atoms with Crippen molar-refractivity contribution in [1.29, 1.82) is 0 Å². The summed E-state index contributed by atoms with van der Waals surface area (Å²) in [6, 6.07) is -0.168. The van der Waals surface area contributed by atoms with E-state index in [1.165, 1.54) is 4.68 Å². The smallest absolute Gasteiger partial charge is 0.363 e. The zero-order valence-electron chi connectivity index (χ0n) is 9.20. The van der Waals surface area contributed by atoms with E-state index < -0.39 is 22.3 Å². The fourth-order valence-electron chi connectivity index (χ4n) is 1.83. The Balaban J connectivity index is 2.19. The van der Waals surface area contributed by atoms with Gasteiger partial charge < -0.3 is 10.4 Å². The van der Waals surface area contributed by atoms with Crippen molar-refractivity contribution in [2.45, 2.75) is 25.4 Å². The Morgan fingerprint density at radius 3 is 2.89 bits per heavy atom. The van der Waals surface area contributed by atoms with Crippen LogP contribution in [-0.4, -0.2) is 37.7 Å². The summed E-state index contributed by atoms with van der Waals surface area (Å²) in [5, 5.41) is 25.7. The highest BCUT2D eigenvalue weighted by Gasteiger charge is 2.27. The molecular formula is C9H10N4O5. The molecule has 1 amide bonds. The number of carbonyl (C=O) groups excluding carboxylic acids is 1. The van der Waals surface area contributed by atoms with Crippen molar-refractivity contribution in [3.05, 3.63) is 22.0 Å². The van der Waals surface area contributed by atoms with Crippen LogP contribution >= 0.6 is 0 Å². The zero-order valence-corrected chi connectivity index (χ0v) is 9.20. The fraction of sp³-hybridized carbons (Fsp3) is 0.444. The van der Waals surface area contributed by atoms with Gasteiger partial charge in [-0.25, -0.2) is 4.79 Å². The summed E-state index contributed by atoms with van der Waals surface area (Å²) in [7, 11) is 0. The van der Waals surface area contributed by atoms with Gasteiger partial charge in [0.1, 0.15) is 6.20 Å². The van der Waals surface area contributed by atoms with Crippen LogP contribution in [0.5, 0.6) is 0 Å². The number of aromatic carboxylic acids is 1. The van der Waals surface area contributed by atoms with Crippen molar-refractivity contribution in [3.8, 4) is 0 Å².